The van der Waals surface area contributed by atoms with E-state index >= 15 is 0 Å². The van der Waals surface area contributed by atoms with Gasteiger partial charge in [-0.3, -0.25) is 19.5 Å². The lowest BCUT2D eigenvalue weighted by molar-refractivity contribution is 0.0780. The van der Waals surface area contributed by atoms with Crippen LogP contribution in [0, 0.1) is 0 Å². The number of carbonyl (C=O) groups excluding carboxylic acids is 1. The van der Waals surface area contributed by atoms with E-state index in [9.17, 15) is 9.59 Å². The van der Waals surface area contributed by atoms with Gasteiger partial charge in [0, 0.05) is 51.2 Å². The molecule has 0 spiro atoms. The monoisotopic (exact) mass is 361 g/mol. The van der Waals surface area contributed by atoms with Gasteiger partial charge < -0.3 is 9.80 Å². The zero-order chi connectivity index (χ0) is 18.0. The van der Waals surface area contributed by atoms with Gasteiger partial charge >= 0.3 is 0 Å². The topological polar surface area (TPSA) is 72.5 Å². The number of hydrogen-bond acceptors (Lipinski definition) is 6. The fraction of sp³-hybridized carbons (Fsp3) is 0.471. The van der Waals surface area contributed by atoms with E-state index in [2.05, 4.69) is 14.9 Å². The highest BCUT2D eigenvalue weighted by Crippen LogP contribution is 2.19. The van der Waals surface area contributed by atoms with E-state index in [4.69, 9.17) is 0 Å². The van der Waals surface area contributed by atoms with Crippen molar-refractivity contribution in [2.45, 2.75) is 19.0 Å². The number of aromatic nitrogens is 2. The molecule has 1 aliphatic rings. The lowest BCUT2D eigenvalue weighted by Gasteiger charge is -2.24. The van der Waals surface area contributed by atoms with E-state index in [-0.39, 0.29) is 17.5 Å². The van der Waals surface area contributed by atoms with Gasteiger partial charge in [0.2, 0.25) is 5.95 Å². The molecule has 25 heavy (non-hydrogen) atoms. The molecule has 1 unspecified atom stereocenters. The van der Waals surface area contributed by atoms with Crippen molar-refractivity contribution in [3.05, 3.63) is 44.5 Å². The van der Waals surface area contributed by atoms with Gasteiger partial charge in [-0.25, -0.2) is 4.98 Å². The smallest absolute Gasteiger partial charge is 0.254 e. The number of thiophene rings is 1. The highest BCUT2D eigenvalue weighted by Gasteiger charge is 2.29. The summed E-state index contributed by atoms with van der Waals surface area (Å²) in [6.45, 7) is 2.04. The summed E-state index contributed by atoms with van der Waals surface area (Å²) in [5.74, 6) is 0.651. The van der Waals surface area contributed by atoms with Crippen LogP contribution in [0.15, 0.2) is 27.7 Å². The maximum absolute atomic E-state index is 12.4. The lowest BCUT2D eigenvalue weighted by atomic mass is 10.2. The van der Waals surface area contributed by atoms with Crippen molar-refractivity contribution < 1.29 is 4.79 Å². The highest BCUT2D eigenvalue weighted by atomic mass is 32.1. The Morgan fingerprint density at radius 1 is 1.44 bits per heavy atom. The van der Waals surface area contributed by atoms with Crippen LogP contribution in [0.25, 0.3) is 0 Å². The SMILES string of the molecule is CN(C)c1nc(CN(C)C2CCN(C(=O)c3ccsc3)C2)cc(=O)[nH]1. The molecule has 2 aromatic rings. The number of likely N-dealkylation sites (N-methyl/N-ethyl adjacent to an activating group) is 1. The number of rotatable bonds is 5. The minimum absolute atomic E-state index is 0.0984. The second-order valence-corrected chi connectivity index (χ2v) is 7.36. The summed E-state index contributed by atoms with van der Waals surface area (Å²) in [5, 5.41) is 3.82. The van der Waals surface area contributed by atoms with Gasteiger partial charge in [0.05, 0.1) is 11.3 Å². The Balaban J connectivity index is 1.64. The predicted molar refractivity (Wildman–Crippen MR) is 99.3 cm³/mol. The van der Waals surface area contributed by atoms with Crippen LogP contribution in [0.5, 0.6) is 0 Å². The van der Waals surface area contributed by atoms with Crippen LogP contribution in [0.4, 0.5) is 5.95 Å². The quantitative estimate of drug-likeness (QED) is 0.868. The third-order valence-electron chi connectivity index (χ3n) is 4.46. The van der Waals surface area contributed by atoms with E-state index in [0.717, 1.165) is 24.2 Å². The Bertz CT molecular complexity index is 787. The normalized spacial score (nSPS) is 17.3. The Kier molecular flexibility index (Phi) is 5.19. The summed E-state index contributed by atoms with van der Waals surface area (Å²) >= 11 is 1.54. The molecule has 0 radical (unpaired) electrons. The number of H-pyrrole nitrogens is 1. The summed E-state index contributed by atoms with van der Waals surface area (Å²) in [6, 6.07) is 3.67. The van der Waals surface area contributed by atoms with Crippen LogP contribution in [0.2, 0.25) is 0 Å². The number of nitrogens with zero attached hydrogens (tertiary/aromatic N) is 4. The number of amides is 1. The molecule has 1 amide bonds. The van der Waals surface area contributed by atoms with E-state index in [1.165, 1.54) is 17.4 Å². The van der Waals surface area contributed by atoms with Crippen molar-refractivity contribution in [1.29, 1.82) is 0 Å². The Morgan fingerprint density at radius 2 is 2.24 bits per heavy atom. The third kappa shape index (κ3) is 4.08. The number of likely N-dealkylation sites (tertiary alicyclic amines) is 1. The van der Waals surface area contributed by atoms with Gasteiger partial charge in [-0.15, -0.1) is 0 Å². The zero-order valence-electron chi connectivity index (χ0n) is 14.7. The molecule has 0 aliphatic carbocycles. The molecule has 1 aliphatic heterocycles. The van der Waals surface area contributed by atoms with Crippen molar-refractivity contribution in [1.82, 2.24) is 19.8 Å². The maximum atomic E-state index is 12.4. The molecule has 3 heterocycles. The molecule has 8 heteroatoms. The van der Waals surface area contributed by atoms with Gasteiger partial charge in [0.15, 0.2) is 0 Å². The summed E-state index contributed by atoms with van der Waals surface area (Å²) < 4.78 is 0. The largest absolute Gasteiger partial charge is 0.348 e. The van der Waals surface area contributed by atoms with Crippen LogP contribution >= 0.6 is 11.3 Å². The molecular formula is C17H23N5O2S. The van der Waals surface area contributed by atoms with Crippen molar-refractivity contribution in [2.75, 3.05) is 39.1 Å². The molecule has 1 atom stereocenters. The average molecular weight is 361 g/mol. The molecule has 1 N–H and O–H groups in total. The van der Waals surface area contributed by atoms with Gasteiger partial charge in [-0.1, -0.05) is 0 Å². The van der Waals surface area contributed by atoms with E-state index in [1.54, 1.807) is 4.90 Å². The van der Waals surface area contributed by atoms with Crippen LogP contribution in [0.1, 0.15) is 22.5 Å². The first-order chi connectivity index (χ1) is 11.9. The van der Waals surface area contributed by atoms with Crippen LogP contribution < -0.4 is 10.5 Å². The second kappa shape index (κ2) is 7.37. The Hall–Kier alpha value is -2.19. The molecule has 0 aromatic carbocycles. The zero-order valence-corrected chi connectivity index (χ0v) is 15.5. The maximum Gasteiger partial charge on any atom is 0.254 e. The van der Waals surface area contributed by atoms with Crippen molar-refractivity contribution in [3.63, 3.8) is 0 Å². The summed E-state index contributed by atoms with van der Waals surface area (Å²) in [4.78, 5) is 37.3. The number of nitrogens with one attached hydrogen (secondary N) is 1. The molecule has 1 fully saturated rings. The third-order valence-corrected chi connectivity index (χ3v) is 5.14. The first-order valence-electron chi connectivity index (χ1n) is 8.23. The minimum Gasteiger partial charge on any atom is -0.348 e. The van der Waals surface area contributed by atoms with E-state index in [0.29, 0.717) is 19.0 Å². The second-order valence-electron chi connectivity index (χ2n) is 6.58. The fourth-order valence-corrected chi connectivity index (χ4v) is 3.66. The van der Waals surface area contributed by atoms with Gasteiger partial charge in [0.25, 0.3) is 11.5 Å². The van der Waals surface area contributed by atoms with Crippen molar-refractivity contribution >= 4 is 23.2 Å². The molecule has 134 valence electrons. The number of aromatic amines is 1. The highest BCUT2D eigenvalue weighted by molar-refractivity contribution is 7.08. The molecular weight excluding hydrogens is 338 g/mol. The van der Waals surface area contributed by atoms with E-state index < -0.39 is 0 Å². The number of carbonyl (C=O) groups is 1. The molecule has 1 saturated heterocycles. The summed E-state index contributed by atoms with van der Waals surface area (Å²) in [6.07, 6.45) is 0.927. The number of hydrogen-bond donors (Lipinski definition) is 1. The lowest BCUT2D eigenvalue weighted by Crippen LogP contribution is -2.36. The summed E-state index contributed by atoms with van der Waals surface area (Å²) in [5.41, 5.74) is 1.35. The van der Waals surface area contributed by atoms with Crippen LogP contribution in [0.3, 0.4) is 0 Å². The summed E-state index contributed by atoms with van der Waals surface area (Å²) in [7, 11) is 5.70. The van der Waals surface area contributed by atoms with Crippen molar-refractivity contribution in [2.24, 2.45) is 0 Å². The molecule has 3 rings (SSSR count). The average Bonchev–Trinajstić information content (AvgIpc) is 3.25. The predicted octanol–water partition coefficient (Wildman–Crippen LogP) is 1.24. The standard InChI is InChI=1S/C17H23N5O2S/c1-20(2)17-18-13(8-15(23)19-17)9-21(3)14-4-6-22(10-14)16(24)12-5-7-25-11-12/h5,7-8,11,14H,4,6,9-10H2,1-3H3,(H,18,19,23). The molecule has 0 bridgehead atoms. The van der Waals surface area contributed by atoms with Crippen LogP contribution in [-0.4, -0.2) is 65.9 Å². The first-order valence-corrected chi connectivity index (χ1v) is 9.17. The van der Waals surface area contributed by atoms with Gasteiger partial charge in [-0.05, 0) is 24.9 Å². The fourth-order valence-electron chi connectivity index (χ4n) is 3.03. The Labute approximate surface area is 150 Å². The molecule has 0 saturated carbocycles. The van der Waals surface area contributed by atoms with Crippen molar-refractivity contribution in [3.8, 4) is 0 Å². The molecule has 2 aromatic heterocycles. The molecule has 7 nitrogen and oxygen atoms in total. The van der Waals surface area contributed by atoms with Gasteiger partial charge in [-0.2, -0.15) is 11.3 Å². The van der Waals surface area contributed by atoms with Gasteiger partial charge in [0.1, 0.15) is 0 Å². The number of anilines is 1. The van der Waals surface area contributed by atoms with Crippen LogP contribution in [-0.2, 0) is 6.54 Å². The first kappa shape index (κ1) is 17.6. The minimum atomic E-state index is -0.150. The Morgan fingerprint density at radius 3 is 2.92 bits per heavy atom. The van der Waals surface area contributed by atoms with E-state index in [1.807, 2.05) is 42.9 Å².